The minimum atomic E-state index is -0.705. The minimum absolute atomic E-state index is 0.125. The van der Waals surface area contributed by atoms with Crippen molar-refractivity contribution in [1.29, 1.82) is 0 Å². The van der Waals surface area contributed by atoms with E-state index in [2.05, 4.69) is 15.3 Å². The summed E-state index contributed by atoms with van der Waals surface area (Å²) in [6, 6.07) is 1.55. The molecular formula is C5H4N6O2. The molecule has 0 aliphatic carbocycles. The van der Waals surface area contributed by atoms with Gasteiger partial charge in [0, 0.05) is 6.07 Å². The Morgan fingerprint density at radius 1 is 1.54 bits per heavy atom. The monoisotopic (exact) mass is 180 g/mol. The highest BCUT2D eigenvalue weighted by Crippen LogP contribution is 2.15. The molecule has 8 nitrogen and oxygen atoms in total. The normalized spacial score (nSPS) is 10.5. The van der Waals surface area contributed by atoms with Crippen LogP contribution in [0.3, 0.4) is 0 Å². The molecule has 0 atom stereocenters. The van der Waals surface area contributed by atoms with Crippen molar-refractivity contribution in [3.05, 3.63) is 22.4 Å². The first kappa shape index (κ1) is 7.40. The average molecular weight is 180 g/mol. The fourth-order valence-corrected chi connectivity index (χ4v) is 0.932. The fraction of sp³-hybridized carbons (Fsp3) is 0. The first-order valence-electron chi connectivity index (χ1n) is 3.30. The highest BCUT2D eigenvalue weighted by molar-refractivity contribution is 5.52. The number of hydrogen-bond donors (Lipinski definition) is 1. The van der Waals surface area contributed by atoms with Crippen molar-refractivity contribution in [3.63, 3.8) is 0 Å². The van der Waals surface area contributed by atoms with Crippen molar-refractivity contribution in [1.82, 2.24) is 19.8 Å². The predicted molar refractivity (Wildman–Crippen MR) is 41.8 cm³/mol. The maximum Gasteiger partial charge on any atom is 0.433 e. The van der Waals surface area contributed by atoms with Crippen LogP contribution in [0.5, 0.6) is 0 Å². The van der Waals surface area contributed by atoms with E-state index >= 15 is 0 Å². The molecule has 0 aromatic carbocycles. The van der Waals surface area contributed by atoms with Crippen molar-refractivity contribution in [2.75, 3.05) is 5.73 Å². The average Bonchev–Trinajstić information content (AvgIpc) is 2.52. The van der Waals surface area contributed by atoms with Crippen LogP contribution in [0.2, 0.25) is 0 Å². The van der Waals surface area contributed by atoms with Gasteiger partial charge in [0.05, 0.1) is 11.3 Å². The summed E-state index contributed by atoms with van der Waals surface area (Å²) in [4.78, 5) is 9.66. The standard InChI is InChI=1S/C5H4N6O2/c6-4-5(11(12)13)9-8-3-1-2-7-10(3)4/h1-2H,6H2. The maximum atomic E-state index is 10.4. The van der Waals surface area contributed by atoms with Gasteiger partial charge in [0.1, 0.15) is 0 Å². The lowest BCUT2D eigenvalue weighted by Crippen LogP contribution is -2.07. The van der Waals surface area contributed by atoms with Crippen LogP contribution in [0, 0.1) is 10.1 Å². The summed E-state index contributed by atoms with van der Waals surface area (Å²) < 4.78 is 1.16. The molecule has 0 radical (unpaired) electrons. The van der Waals surface area contributed by atoms with Crippen LogP contribution in [0.4, 0.5) is 11.6 Å². The summed E-state index contributed by atoms with van der Waals surface area (Å²) in [6.45, 7) is 0. The maximum absolute atomic E-state index is 10.4. The van der Waals surface area contributed by atoms with Gasteiger partial charge in [0.2, 0.25) is 11.5 Å². The van der Waals surface area contributed by atoms with Gasteiger partial charge in [-0.25, -0.2) is 0 Å². The summed E-state index contributed by atoms with van der Waals surface area (Å²) in [7, 11) is 0. The van der Waals surface area contributed by atoms with E-state index in [1.165, 1.54) is 6.20 Å². The van der Waals surface area contributed by atoms with Crippen molar-refractivity contribution in [2.24, 2.45) is 0 Å². The molecule has 2 N–H and O–H groups in total. The van der Waals surface area contributed by atoms with Crippen LogP contribution in [-0.4, -0.2) is 24.7 Å². The Hall–Kier alpha value is -2.25. The molecule has 0 bridgehead atoms. The number of nitrogens with zero attached hydrogens (tertiary/aromatic N) is 5. The van der Waals surface area contributed by atoms with Crippen molar-refractivity contribution in [3.8, 4) is 0 Å². The molecule has 0 unspecified atom stereocenters. The third-order valence-corrected chi connectivity index (χ3v) is 1.50. The van der Waals surface area contributed by atoms with Gasteiger partial charge in [-0.1, -0.05) is 0 Å². The van der Waals surface area contributed by atoms with Gasteiger partial charge in [-0.3, -0.25) is 0 Å². The van der Waals surface area contributed by atoms with Gasteiger partial charge in [-0.15, -0.1) is 0 Å². The summed E-state index contributed by atoms with van der Waals surface area (Å²) >= 11 is 0. The lowest BCUT2D eigenvalue weighted by atomic mass is 10.6. The van der Waals surface area contributed by atoms with Crippen LogP contribution < -0.4 is 5.73 Å². The second-order valence-electron chi connectivity index (χ2n) is 2.27. The van der Waals surface area contributed by atoms with E-state index in [9.17, 15) is 10.1 Å². The Morgan fingerprint density at radius 2 is 2.31 bits per heavy atom. The molecule has 0 aliphatic heterocycles. The zero-order chi connectivity index (χ0) is 9.42. The molecule has 2 aromatic heterocycles. The van der Waals surface area contributed by atoms with E-state index in [-0.39, 0.29) is 5.82 Å². The van der Waals surface area contributed by atoms with Gasteiger partial charge < -0.3 is 15.8 Å². The topological polar surface area (TPSA) is 112 Å². The second-order valence-corrected chi connectivity index (χ2v) is 2.27. The molecule has 0 saturated carbocycles. The fourth-order valence-electron chi connectivity index (χ4n) is 0.932. The number of nitrogen functional groups attached to an aromatic ring is 1. The molecule has 66 valence electrons. The summed E-state index contributed by atoms with van der Waals surface area (Å²) in [5.74, 6) is -0.615. The van der Waals surface area contributed by atoms with Crippen molar-refractivity contribution in [2.45, 2.75) is 0 Å². The van der Waals surface area contributed by atoms with Gasteiger partial charge in [-0.2, -0.15) is 9.61 Å². The van der Waals surface area contributed by atoms with E-state index in [4.69, 9.17) is 5.73 Å². The molecule has 8 heteroatoms. The lowest BCUT2D eigenvalue weighted by Gasteiger charge is -1.96. The van der Waals surface area contributed by atoms with E-state index in [1.807, 2.05) is 0 Å². The molecule has 0 fully saturated rings. The summed E-state index contributed by atoms with van der Waals surface area (Å²) in [5, 5.41) is 21.0. The van der Waals surface area contributed by atoms with Gasteiger partial charge >= 0.3 is 5.82 Å². The van der Waals surface area contributed by atoms with Crippen LogP contribution in [-0.2, 0) is 0 Å². The number of aromatic nitrogens is 4. The van der Waals surface area contributed by atoms with E-state index < -0.39 is 10.7 Å². The third-order valence-electron chi connectivity index (χ3n) is 1.50. The minimum Gasteiger partial charge on any atom is -0.376 e. The van der Waals surface area contributed by atoms with Crippen molar-refractivity contribution >= 4 is 17.3 Å². The lowest BCUT2D eigenvalue weighted by molar-refractivity contribution is -0.389. The van der Waals surface area contributed by atoms with Crippen LogP contribution in [0.15, 0.2) is 12.3 Å². The SMILES string of the molecule is Nc1c([N+](=O)[O-])nnc2ccnn12. The molecule has 2 aromatic rings. The Bertz CT molecular complexity index is 477. The van der Waals surface area contributed by atoms with Gasteiger partial charge in [-0.05, 0) is 10.0 Å². The zero-order valence-corrected chi connectivity index (χ0v) is 6.28. The summed E-state index contributed by atoms with van der Waals surface area (Å²) in [6.07, 6.45) is 1.43. The molecule has 0 aliphatic rings. The number of fused-ring (bicyclic) bond motifs is 1. The highest BCUT2D eigenvalue weighted by Gasteiger charge is 2.18. The van der Waals surface area contributed by atoms with Gasteiger partial charge in [0.25, 0.3) is 0 Å². The van der Waals surface area contributed by atoms with E-state index in [0.717, 1.165) is 4.52 Å². The second kappa shape index (κ2) is 2.37. The van der Waals surface area contributed by atoms with E-state index in [0.29, 0.717) is 5.65 Å². The molecule has 0 saturated heterocycles. The molecule has 13 heavy (non-hydrogen) atoms. The number of hydrogen-bond acceptors (Lipinski definition) is 6. The molecule has 0 spiro atoms. The van der Waals surface area contributed by atoms with Crippen LogP contribution in [0.1, 0.15) is 0 Å². The molecule has 2 heterocycles. The van der Waals surface area contributed by atoms with Gasteiger partial charge in [0.15, 0.2) is 0 Å². The first-order valence-corrected chi connectivity index (χ1v) is 3.30. The largest absolute Gasteiger partial charge is 0.433 e. The summed E-state index contributed by atoms with van der Waals surface area (Å²) in [5.41, 5.74) is 5.80. The first-order chi connectivity index (χ1) is 6.20. The number of nitro groups is 1. The Balaban J connectivity index is 2.80. The van der Waals surface area contributed by atoms with Crippen LogP contribution >= 0.6 is 0 Å². The molecule has 2 rings (SSSR count). The molecule has 0 amide bonds. The number of rotatable bonds is 1. The predicted octanol–water partition coefficient (Wildman–Crippen LogP) is -0.385. The quantitative estimate of drug-likeness (QED) is 0.472. The number of anilines is 1. The Kier molecular flexibility index (Phi) is 1.35. The van der Waals surface area contributed by atoms with Crippen molar-refractivity contribution < 1.29 is 4.92 Å². The Labute approximate surface area is 71.1 Å². The highest BCUT2D eigenvalue weighted by atomic mass is 16.6. The van der Waals surface area contributed by atoms with E-state index in [1.54, 1.807) is 6.07 Å². The smallest absolute Gasteiger partial charge is 0.376 e. The Morgan fingerprint density at radius 3 is 3.00 bits per heavy atom. The number of nitrogens with two attached hydrogens (primary N) is 1. The third kappa shape index (κ3) is 0.956. The zero-order valence-electron chi connectivity index (χ0n) is 6.28. The van der Waals surface area contributed by atoms with Crippen LogP contribution in [0.25, 0.3) is 5.65 Å². The molecular weight excluding hydrogens is 176 g/mol.